The van der Waals surface area contributed by atoms with Gasteiger partial charge >= 0.3 is 0 Å². The summed E-state index contributed by atoms with van der Waals surface area (Å²) < 4.78 is 0. The average Bonchev–Trinajstić information content (AvgIpc) is 3.08. The van der Waals surface area contributed by atoms with E-state index >= 15 is 0 Å². The minimum absolute atomic E-state index is 0.680. The molecule has 2 aliphatic carbocycles. The van der Waals surface area contributed by atoms with E-state index in [0.717, 1.165) is 17.9 Å². The van der Waals surface area contributed by atoms with E-state index in [1.807, 2.05) is 0 Å². The van der Waals surface area contributed by atoms with Gasteiger partial charge in [0.15, 0.2) is 0 Å². The van der Waals surface area contributed by atoms with Gasteiger partial charge in [-0.05, 0) is 42.9 Å². The van der Waals surface area contributed by atoms with Crippen molar-refractivity contribution < 1.29 is 0 Å². The van der Waals surface area contributed by atoms with Gasteiger partial charge in [0.05, 0.1) is 0 Å². The Balaban J connectivity index is 1.73. The van der Waals surface area contributed by atoms with Crippen LogP contribution in [0.15, 0.2) is 0 Å². The highest BCUT2D eigenvalue weighted by molar-refractivity contribution is 4.98. The maximum absolute atomic E-state index is 3.87. The molecule has 0 spiro atoms. The van der Waals surface area contributed by atoms with Gasteiger partial charge in [0.2, 0.25) is 0 Å². The zero-order valence-corrected chi connectivity index (χ0v) is 11.4. The highest BCUT2D eigenvalue weighted by atomic mass is 14.9. The molecule has 2 saturated carbocycles. The van der Waals surface area contributed by atoms with Gasteiger partial charge in [-0.1, -0.05) is 40.0 Å². The van der Waals surface area contributed by atoms with Crippen LogP contribution in [0.1, 0.15) is 65.7 Å². The lowest BCUT2D eigenvalue weighted by molar-refractivity contribution is 0.248. The third kappa shape index (κ3) is 2.80. The van der Waals surface area contributed by atoms with Crippen molar-refractivity contribution >= 4 is 0 Å². The summed E-state index contributed by atoms with van der Waals surface area (Å²) in [5.41, 5.74) is 0.680. The Hall–Kier alpha value is -0.0400. The summed E-state index contributed by atoms with van der Waals surface area (Å²) in [6.07, 6.45) is 10.1. The van der Waals surface area contributed by atoms with Crippen LogP contribution in [0, 0.1) is 17.3 Å². The second-order valence-electron chi connectivity index (χ2n) is 6.54. The highest BCUT2D eigenvalue weighted by Crippen LogP contribution is 2.51. The Labute approximate surface area is 101 Å². The van der Waals surface area contributed by atoms with Crippen molar-refractivity contribution in [3.05, 3.63) is 0 Å². The minimum Gasteiger partial charge on any atom is -0.313 e. The van der Waals surface area contributed by atoms with Crippen LogP contribution in [0.3, 0.4) is 0 Å². The van der Waals surface area contributed by atoms with E-state index < -0.39 is 0 Å². The summed E-state index contributed by atoms with van der Waals surface area (Å²) in [4.78, 5) is 0. The zero-order chi connectivity index (χ0) is 11.6. The van der Waals surface area contributed by atoms with E-state index in [1.54, 1.807) is 0 Å². The largest absolute Gasteiger partial charge is 0.313 e. The van der Waals surface area contributed by atoms with Crippen LogP contribution in [0.5, 0.6) is 0 Å². The van der Waals surface area contributed by atoms with Crippen LogP contribution >= 0.6 is 0 Å². The Morgan fingerprint density at radius 3 is 2.56 bits per heavy atom. The standard InChI is InChI=1S/C15H29N/c1-4-13-6-5-7-14(10-13)16-11-15(8-9-15)12(2)3/h12-14,16H,4-11H2,1-3H3. The predicted molar refractivity (Wildman–Crippen MR) is 70.5 cm³/mol. The molecule has 2 aliphatic rings. The van der Waals surface area contributed by atoms with Crippen LogP contribution in [0.4, 0.5) is 0 Å². The van der Waals surface area contributed by atoms with Crippen LogP contribution < -0.4 is 5.32 Å². The fourth-order valence-corrected chi connectivity index (χ4v) is 3.31. The molecule has 94 valence electrons. The van der Waals surface area contributed by atoms with Gasteiger partial charge in [-0.15, -0.1) is 0 Å². The molecule has 0 aromatic heterocycles. The zero-order valence-electron chi connectivity index (χ0n) is 11.4. The fraction of sp³-hybridized carbons (Fsp3) is 1.00. The summed E-state index contributed by atoms with van der Waals surface area (Å²) in [6.45, 7) is 8.42. The van der Waals surface area contributed by atoms with E-state index in [1.165, 1.54) is 51.5 Å². The summed E-state index contributed by atoms with van der Waals surface area (Å²) in [5, 5.41) is 3.87. The molecule has 0 saturated heterocycles. The van der Waals surface area contributed by atoms with Gasteiger partial charge < -0.3 is 5.32 Å². The number of hydrogen-bond acceptors (Lipinski definition) is 1. The molecule has 1 heteroatoms. The summed E-state index contributed by atoms with van der Waals surface area (Å²) >= 11 is 0. The Morgan fingerprint density at radius 1 is 1.25 bits per heavy atom. The van der Waals surface area contributed by atoms with Crippen molar-refractivity contribution in [1.29, 1.82) is 0 Å². The lowest BCUT2D eigenvalue weighted by atomic mass is 9.83. The number of rotatable bonds is 5. The Morgan fingerprint density at radius 2 is 2.00 bits per heavy atom. The van der Waals surface area contributed by atoms with Crippen molar-refractivity contribution in [3.8, 4) is 0 Å². The summed E-state index contributed by atoms with van der Waals surface area (Å²) in [7, 11) is 0. The van der Waals surface area contributed by atoms with E-state index in [4.69, 9.17) is 0 Å². The van der Waals surface area contributed by atoms with Gasteiger partial charge in [-0.25, -0.2) is 0 Å². The SMILES string of the molecule is CCC1CCCC(NCC2(C(C)C)CC2)C1. The summed E-state index contributed by atoms with van der Waals surface area (Å²) in [6, 6.07) is 0.829. The maximum atomic E-state index is 3.87. The molecule has 0 bridgehead atoms. The molecule has 2 fully saturated rings. The fourth-order valence-electron chi connectivity index (χ4n) is 3.31. The molecule has 2 rings (SSSR count). The van der Waals surface area contributed by atoms with Crippen molar-refractivity contribution in [2.24, 2.45) is 17.3 Å². The van der Waals surface area contributed by atoms with E-state index in [0.29, 0.717) is 5.41 Å². The molecule has 0 radical (unpaired) electrons. The first-order valence-electron chi connectivity index (χ1n) is 7.39. The minimum atomic E-state index is 0.680. The molecule has 16 heavy (non-hydrogen) atoms. The molecule has 1 N–H and O–H groups in total. The molecule has 0 heterocycles. The molecule has 0 amide bonds. The van der Waals surface area contributed by atoms with Crippen molar-refractivity contribution in [1.82, 2.24) is 5.32 Å². The van der Waals surface area contributed by atoms with Gasteiger partial charge in [0, 0.05) is 12.6 Å². The van der Waals surface area contributed by atoms with Crippen LogP contribution in [0.25, 0.3) is 0 Å². The predicted octanol–water partition coefficient (Wildman–Crippen LogP) is 3.98. The first-order valence-corrected chi connectivity index (χ1v) is 7.39. The van der Waals surface area contributed by atoms with Gasteiger partial charge in [0.1, 0.15) is 0 Å². The average molecular weight is 223 g/mol. The third-order valence-electron chi connectivity index (χ3n) is 5.22. The van der Waals surface area contributed by atoms with Gasteiger partial charge in [0.25, 0.3) is 0 Å². The van der Waals surface area contributed by atoms with Crippen molar-refractivity contribution in [2.45, 2.75) is 71.8 Å². The smallest absolute Gasteiger partial charge is 0.00699 e. The molecule has 2 atom stereocenters. The molecule has 0 aliphatic heterocycles. The van der Waals surface area contributed by atoms with Crippen LogP contribution in [0.2, 0.25) is 0 Å². The molecule has 2 unspecified atom stereocenters. The van der Waals surface area contributed by atoms with Crippen molar-refractivity contribution in [2.75, 3.05) is 6.54 Å². The quantitative estimate of drug-likeness (QED) is 0.743. The van der Waals surface area contributed by atoms with E-state index in [2.05, 4.69) is 26.1 Å². The number of nitrogens with one attached hydrogen (secondary N) is 1. The lowest BCUT2D eigenvalue weighted by Gasteiger charge is -2.31. The maximum Gasteiger partial charge on any atom is 0.00699 e. The van der Waals surface area contributed by atoms with Crippen LogP contribution in [-0.2, 0) is 0 Å². The van der Waals surface area contributed by atoms with Gasteiger partial charge in [-0.2, -0.15) is 0 Å². The monoisotopic (exact) mass is 223 g/mol. The third-order valence-corrected chi connectivity index (χ3v) is 5.22. The first kappa shape index (κ1) is 12.4. The van der Waals surface area contributed by atoms with E-state index in [-0.39, 0.29) is 0 Å². The first-order chi connectivity index (χ1) is 7.66. The van der Waals surface area contributed by atoms with Crippen LogP contribution in [-0.4, -0.2) is 12.6 Å². The molecule has 0 aromatic rings. The highest BCUT2D eigenvalue weighted by Gasteiger charge is 2.45. The molecular weight excluding hydrogens is 194 g/mol. The molecule has 1 nitrogen and oxygen atoms in total. The second-order valence-corrected chi connectivity index (χ2v) is 6.54. The van der Waals surface area contributed by atoms with Gasteiger partial charge in [-0.3, -0.25) is 0 Å². The normalized spacial score (nSPS) is 33.0. The molecule has 0 aromatic carbocycles. The molecular formula is C15H29N. The van der Waals surface area contributed by atoms with E-state index in [9.17, 15) is 0 Å². The lowest BCUT2D eigenvalue weighted by Crippen LogP contribution is -2.38. The number of hydrogen-bond donors (Lipinski definition) is 1. The Kier molecular flexibility index (Phi) is 3.94. The van der Waals surface area contributed by atoms with Crippen molar-refractivity contribution in [3.63, 3.8) is 0 Å². The Bertz CT molecular complexity index is 217. The topological polar surface area (TPSA) is 12.0 Å². The summed E-state index contributed by atoms with van der Waals surface area (Å²) in [5.74, 6) is 1.87. The second kappa shape index (κ2) is 5.08.